The molecule has 33 heavy (non-hydrogen) atoms. The van der Waals surface area contributed by atoms with Crippen LogP contribution in [0.3, 0.4) is 0 Å². The van der Waals surface area contributed by atoms with Crippen molar-refractivity contribution in [2.75, 3.05) is 26.2 Å². The minimum Gasteiger partial charge on any atom is -0.353 e. The number of hydrazone groups is 2. The van der Waals surface area contributed by atoms with Crippen LogP contribution in [0.2, 0.25) is 0 Å². The number of hydrogen-bond acceptors (Lipinski definition) is 8. The molecule has 4 N–H and O–H groups in total. The van der Waals surface area contributed by atoms with Crippen LogP contribution >= 0.6 is 24.8 Å². The lowest BCUT2D eigenvalue weighted by Gasteiger charge is -2.13. The SMILES string of the molecule is Cc1ccc2c(/C=N/NC3=NCCN3)c3ccccc3c(/C=N/NC3=NCCN3)c2c1.Cl.Cl. The number of hydrogen-bond donors (Lipinski definition) is 4. The van der Waals surface area contributed by atoms with E-state index in [0.717, 1.165) is 58.9 Å². The third kappa shape index (κ3) is 5.18. The van der Waals surface area contributed by atoms with Crippen LogP contribution in [0, 0.1) is 6.92 Å². The van der Waals surface area contributed by atoms with Gasteiger partial charge in [0.2, 0.25) is 11.9 Å². The fraction of sp³-hybridized carbons (Fsp3) is 0.217. The van der Waals surface area contributed by atoms with Crippen molar-refractivity contribution in [3.63, 3.8) is 0 Å². The standard InChI is InChI=1S/C23H24N8.2ClH/c1-15-6-7-18-19(12-15)21(14-29-31-23-26-10-11-27-23)17-5-3-2-4-16(17)20(18)13-28-30-22-24-8-9-25-22;;/h2-7,12-14H,8-11H2,1H3,(H2,24,25,30)(H2,26,27,31);2*1H/b28-13+,29-14+;;. The lowest BCUT2D eigenvalue weighted by Crippen LogP contribution is -2.30. The molecular weight excluding hydrogens is 459 g/mol. The second-order valence-corrected chi connectivity index (χ2v) is 7.48. The van der Waals surface area contributed by atoms with Gasteiger partial charge in [-0.2, -0.15) is 10.2 Å². The summed E-state index contributed by atoms with van der Waals surface area (Å²) in [7, 11) is 0. The predicted octanol–water partition coefficient (Wildman–Crippen LogP) is 2.91. The van der Waals surface area contributed by atoms with Crippen LogP contribution in [-0.4, -0.2) is 50.5 Å². The lowest BCUT2D eigenvalue weighted by atomic mass is 9.91. The molecule has 0 saturated carbocycles. The Kier molecular flexibility index (Phi) is 8.08. The van der Waals surface area contributed by atoms with Crippen LogP contribution in [0.5, 0.6) is 0 Å². The van der Waals surface area contributed by atoms with Gasteiger partial charge >= 0.3 is 0 Å². The van der Waals surface area contributed by atoms with E-state index in [2.05, 4.69) is 78.9 Å². The Morgan fingerprint density at radius 1 is 0.758 bits per heavy atom. The van der Waals surface area contributed by atoms with E-state index in [1.807, 2.05) is 24.6 Å². The summed E-state index contributed by atoms with van der Waals surface area (Å²) >= 11 is 0. The van der Waals surface area contributed by atoms with Crippen LogP contribution in [-0.2, 0) is 0 Å². The average molecular weight is 485 g/mol. The van der Waals surface area contributed by atoms with Gasteiger partial charge in [-0.05, 0) is 28.5 Å². The highest BCUT2D eigenvalue weighted by atomic mass is 35.5. The van der Waals surface area contributed by atoms with Gasteiger partial charge in [-0.1, -0.05) is 48.0 Å². The third-order valence-electron chi connectivity index (χ3n) is 5.34. The first-order valence-electron chi connectivity index (χ1n) is 10.4. The highest BCUT2D eigenvalue weighted by Gasteiger charge is 2.12. The van der Waals surface area contributed by atoms with E-state index in [-0.39, 0.29) is 24.8 Å². The molecule has 2 aliphatic heterocycles. The predicted molar refractivity (Wildman–Crippen MR) is 143 cm³/mol. The summed E-state index contributed by atoms with van der Waals surface area (Å²) in [6.07, 6.45) is 3.75. The molecule has 8 nitrogen and oxygen atoms in total. The van der Waals surface area contributed by atoms with Crippen LogP contribution in [0.15, 0.2) is 62.7 Å². The maximum absolute atomic E-state index is 4.46. The quantitative estimate of drug-likeness (QED) is 0.260. The van der Waals surface area contributed by atoms with Crippen LogP contribution in [0.25, 0.3) is 21.5 Å². The van der Waals surface area contributed by atoms with Gasteiger partial charge in [0.1, 0.15) is 0 Å². The molecule has 0 aliphatic carbocycles. The van der Waals surface area contributed by atoms with E-state index in [9.17, 15) is 0 Å². The fourth-order valence-corrected chi connectivity index (χ4v) is 3.90. The Balaban J connectivity index is 0.00000153. The van der Waals surface area contributed by atoms with Gasteiger partial charge in [0.25, 0.3) is 0 Å². The summed E-state index contributed by atoms with van der Waals surface area (Å²) in [5.74, 6) is 1.42. The molecule has 3 aromatic carbocycles. The zero-order valence-corrected chi connectivity index (χ0v) is 19.8. The number of nitrogens with one attached hydrogen (secondary N) is 4. The zero-order valence-electron chi connectivity index (χ0n) is 18.1. The van der Waals surface area contributed by atoms with Crippen molar-refractivity contribution in [2.45, 2.75) is 6.92 Å². The monoisotopic (exact) mass is 484 g/mol. The van der Waals surface area contributed by atoms with E-state index >= 15 is 0 Å². The molecule has 0 fully saturated rings. The van der Waals surface area contributed by atoms with Gasteiger partial charge in [0, 0.05) is 24.2 Å². The van der Waals surface area contributed by atoms with Gasteiger partial charge in [-0.3, -0.25) is 0 Å². The molecule has 0 aromatic heterocycles. The van der Waals surface area contributed by atoms with E-state index in [1.165, 1.54) is 5.56 Å². The van der Waals surface area contributed by atoms with Crippen LogP contribution in [0.4, 0.5) is 0 Å². The normalized spacial score (nSPS) is 15.1. The Labute approximate surface area is 204 Å². The Hall–Kier alpha value is -3.36. The molecule has 0 spiro atoms. The first-order valence-corrected chi connectivity index (χ1v) is 10.4. The number of halogens is 2. The highest BCUT2D eigenvalue weighted by Crippen LogP contribution is 2.32. The van der Waals surface area contributed by atoms with Crippen molar-refractivity contribution in [1.82, 2.24) is 21.5 Å². The maximum Gasteiger partial charge on any atom is 0.212 e. The molecule has 0 amide bonds. The maximum atomic E-state index is 4.46. The molecule has 10 heteroatoms. The first-order chi connectivity index (χ1) is 15.3. The van der Waals surface area contributed by atoms with Crippen molar-refractivity contribution >= 4 is 70.7 Å². The van der Waals surface area contributed by atoms with Crippen LogP contribution < -0.4 is 21.5 Å². The van der Waals surface area contributed by atoms with Crippen molar-refractivity contribution in [2.24, 2.45) is 20.2 Å². The second kappa shape index (κ2) is 11.0. The van der Waals surface area contributed by atoms with E-state index in [1.54, 1.807) is 0 Å². The molecule has 172 valence electrons. The van der Waals surface area contributed by atoms with Crippen molar-refractivity contribution < 1.29 is 0 Å². The summed E-state index contributed by atoms with van der Waals surface area (Å²) in [5, 5.41) is 19.7. The number of aryl methyl sites for hydroxylation is 1. The van der Waals surface area contributed by atoms with Gasteiger partial charge in [-0.25, -0.2) is 20.8 Å². The highest BCUT2D eigenvalue weighted by molar-refractivity contribution is 6.21. The summed E-state index contributed by atoms with van der Waals surface area (Å²) in [4.78, 5) is 8.65. The lowest BCUT2D eigenvalue weighted by molar-refractivity contribution is 0.920. The summed E-state index contributed by atoms with van der Waals surface area (Å²) in [6, 6.07) is 14.8. The largest absolute Gasteiger partial charge is 0.353 e. The van der Waals surface area contributed by atoms with Gasteiger partial charge in [0.05, 0.1) is 25.5 Å². The molecule has 0 atom stereocenters. The molecule has 0 saturated heterocycles. The minimum absolute atomic E-state index is 0. The molecule has 3 aromatic rings. The number of nitrogens with zero attached hydrogens (tertiary/aromatic N) is 4. The summed E-state index contributed by atoms with van der Waals surface area (Å²) < 4.78 is 0. The number of aliphatic imine (C=N–C) groups is 2. The molecule has 0 bridgehead atoms. The molecular formula is C23H26Cl2N8. The summed E-state index contributed by atoms with van der Waals surface area (Å²) in [6.45, 7) is 5.32. The van der Waals surface area contributed by atoms with Gasteiger partial charge in [-0.15, -0.1) is 24.8 Å². The van der Waals surface area contributed by atoms with Crippen molar-refractivity contribution in [1.29, 1.82) is 0 Å². The van der Waals surface area contributed by atoms with E-state index in [0.29, 0.717) is 11.9 Å². The average Bonchev–Trinajstić information content (AvgIpc) is 3.49. The minimum atomic E-state index is 0. The van der Waals surface area contributed by atoms with E-state index < -0.39 is 0 Å². The summed E-state index contributed by atoms with van der Waals surface area (Å²) in [5.41, 5.74) is 9.32. The van der Waals surface area contributed by atoms with Gasteiger partial charge < -0.3 is 10.6 Å². The number of guanidine groups is 2. The van der Waals surface area contributed by atoms with E-state index in [4.69, 9.17) is 0 Å². The van der Waals surface area contributed by atoms with Crippen molar-refractivity contribution in [3.05, 3.63) is 59.2 Å². The Morgan fingerprint density at radius 3 is 1.79 bits per heavy atom. The Morgan fingerprint density at radius 2 is 1.27 bits per heavy atom. The molecule has 2 aliphatic rings. The smallest absolute Gasteiger partial charge is 0.212 e. The molecule has 2 heterocycles. The van der Waals surface area contributed by atoms with Gasteiger partial charge in [0.15, 0.2) is 0 Å². The molecule has 5 rings (SSSR count). The molecule has 0 unspecified atom stereocenters. The second-order valence-electron chi connectivity index (χ2n) is 7.48. The Bertz CT molecular complexity index is 1270. The third-order valence-corrected chi connectivity index (χ3v) is 5.34. The van der Waals surface area contributed by atoms with Crippen molar-refractivity contribution in [3.8, 4) is 0 Å². The number of rotatable bonds is 4. The number of benzene rings is 3. The zero-order chi connectivity index (χ0) is 21.0. The van der Waals surface area contributed by atoms with Crippen LogP contribution in [0.1, 0.15) is 16.7 Å². The first kappa shape index (κ1) is 24.3. The molecule has 0 radical (unpaired) electrons. The number of fused-ring (bicyclic) bond motifs is 2. The fourth-order valence-electron chi connectivity index (χ4n) is 3.90. The topological polar surface area (TPSA) is 97.6 Å².